The van der Waals surface area contributed by atoms with Gasteiger partial charge in [-0.3, -0.25) is 0 Å². The molecule has 138 heavy (non-hydrogen) atoms. The molecule has 16 unspecified atom stereocenters. The lowest BCUT2D eigenvalue weighted by Crippen LogP contribution is -2.37. The van der Waals surface area contributed by atoms with Crippen LogP contribution in [0.1, 0.15) is 410 Å². The first-order valence-corrected chi connectivity index (χ1v) is 57.1. The first-order chi connectivity index (χ1) is 66.0. The topological polar surface area (TPSA) is 120 Å². The molecule has 0 saturated heterocycles. The first kappa shape index (κ1) is 128. The molecule has 16 atom stereocenters. The van der Waals surface area contributed by atoms with E-state index in [0.717, 1.165) is 201 Å². The normalized spacial score (nSPS) is 25.6. The van der Waals surface area contributed by atoms with E-state index >= 15 is 0 Å². The van der Waals surface area contributed by atoms with Gasteiger partial charge in [0.15, 0.2) is 0 Å². The summed E-state index contributed by atoms with van der Waals surface area (Å²) >= 11 is 0. The average Bonchev–Trinajstić information content (AvgIpc) is 1.56. The van der Waals surface area contributed by atoms with E-state index < -0.39 is 0 Å². The molecule has 0 aliphatic heterocycles. The van der Waals surface area contributed by atoms with Crippen LogP contribution < -0.4 is 4.74 Å². The van der Waals surface area contributed by atoms with Crippen molar-refractivity contribution in [2.24, 2.45) is 93.7 Å². The number of fused-ring (bicyclic) bond motifs is 8. The van der Waals surface area contributed by atoms with E-state index in [4.69, 9.17) is 61.6 Å². The number of hydrogen-bond donors (Lipinski definition) is 0. The zero-order valence-corrected chi connectivity index (χ0v) is 95.2. The lowest BCUT2D eigenvalue weighted by molar-refractivity contribution is -0.0413. The van der Waals surface area contributed by atoms with Gasteiger partial charge in [-0.1, -0.05) is 228 Å². The largest absolute Gasteiger partial charge is 0.491 e. The van der Waals surface area contributed by atoms with E-state index in [2.05, 4.69) is 187 Å². The molecule has 800 valence electrons. The molecule has 11 aliphatic carbocycles. The molecule has 8 bridgehead atoms. The van der Waals surface area contributed by atoms with Crippen molar-refractivity contribution < 1.29 is 61.6 Å². The molecule has 0 radical (unpaired) electrons. The van der Waals surface area contributed by atoms with Gasteiger partial charge in [0, 0.05) is 86.4 Å². The van der Waals surface area contributed by atoms with Crippen LogP contribution in [0.25, 0.3) is 0 Å². The Balaban J connectivity index is 0.000000386. The molecule has 0 amide bonds. The summed E-state index contributed by atoms with van der Waals surface area (Å²) in [6.07, 6.45) is 48.0. The summed E-state index contributed by atoms with van der Waals surface area (Å²) < 4.78 is 71.0. The van der Waals surface area contributed by atoms with Gasteiger partial charge >= 0.3 is 0 Å². The molecule has 0 spiro atoms. The number of methoxy groups -OCH3 is 1. The van der Waals surface area contributed by atoms with E-state index in [1.807, 2.05) is 128 Å². The van der Waals surface area contributed by atoms with Crippen LogP contribution in [-0.4, -0.2) is 147 Å². The summed E-state index contributed by atoms with van der Waals surface area (Å²) in [5, 5.41) is 0. The van der Waals surface area contributed by atoms with Crippen molar-refractivity contribution >= 4 is 0 Å². The monoisotopic (exact) mass is 1930 g/mol. The van der Waals surface area contributed by atoms with Crippen molar-refractivity contribution in [3.8, 4) is 5.75 Å². The molecular formula is C125H222O13. The highest BCUT2D eigenvalue weighted by Crippen LogP contribution is 2.66. The van der Waals surface area contributed by atoms with Gasteiger partial charge in [-0.05, 0) is 403 Å². The van der Waals surface area contributed by atoms with E-state index in [1.165, 1.54) is 209 Å². The number of para-hydroxylation sites is 1. The fourth-order valence-electron chi connectivity index (χ4n) is 22.2. The smallest absolute Gasteiger partial charge is 0.119 e. The Morgan fingerprint density at radius 2 is 0.833 bits per heavy atom. The fourth-order valence-corrected chi connectivity index (χ4v) is 22.2. The lowest BCUT2D eigenvalue weighted by Gasteiger charge is -2.38. The van der Waals surface area contributed by atoms with Gasteiger partial charge < -0.3 is 61.6 Å². The van der Waals surface area contributed by atoms with E-state index in [-0.39, 0.29) is 17.3 Å². The number of ether oxygens (including phenoxy) is 13. The summed E-state index contributed by atoms with van der Waals surface area (Å²) in [7, 11) is 1.71. The van der Waals surface area contributed by atoms with Gasteiger partial charge in [-0.2, -0.15) is 0 Å². The number of rotatable bonds is 35. The molecule has 0 heterocycles. The molecule has 13 nitrogen and oxygen atoms in total. The van der Waals surface area contributed by atoms with Crippen molar-refractivity contribution in [1.82, 2.24) is 0 Å². The first-order valence-electron chi connectivity index (χ1n) is 57.1. The van der Waals surface area contributed by atoms with Crippen LogP contribution in [-0.2, 0) is 76.5 Å². The van der Waals surface area contributed by atoms with Crippen LogP contribution in [0.5, 0.6) is 5.75 Å². The molecule has 13 heteroatoms. The molecule has 4 aromatic rings. The molecule has 0 aromatic heterocycles. The van der Waals surface area contributed by atoms with Gasteiger partial charge in [-0.25, -0.2) is 0 Å². The Kier molecular flexibility index (Phi) is 70.5. The third-order valence-electron chi connectivity index (χ3n) is 30.9. The third kappa shape index (κ3) is 57.3. The fraction of sp³-hybridized carbons (Fsp3) is 0.808. The highest BCUT2D eigenvalue weighted by atomic mass is 16.5. The molecule has 11 saturated carbocycles. The molecule has 0 N–H and O–H groups in total. The van der Waals surface area contributed by atoms with E-state index in [1.54, 1.807) is 7.11 Å². The molecule has 11 aliphatic rings. The second-order valence-corrected chi connectivity index (χ2v) is 45.6. The maximum atomic E-state index is 5.88. The van der Waals surface area contributed by atoms with Crippen LogP contribution >= 0.6 is 0 Å². The van der Waals surface area contributed by atoms with E-state index in [0.29, 0.717) is 47.5 Å². The summed E-state index contributed by atoms with van der Waals surface area (Å²) in [5.74, 6) is 14.4. The van der Waals surface area contributed by atoms with Crippen molar-refractivity contribution in [1.29, 1.82) is 0 Å². The van der Waals surface area contributed by atoms with Crippen molar-refractivity contribution in [3.63, 3.8) is 0 Å². The number of benzene rings is 4. The highest BCUT2D eigenvalue weighted by Gasteiger charge is 2.62. The highest BCUT2D eigenvalue weighted by molar-refractivity contribution is 5.21. The summed E-state index contributed by atoms with van der Waals surface area (Å²) in [5.41, 5.74) is 4.88. The van der Waals surface area contributed by atoms with E-state index in [9.17, 15) is 0 Å². The van der Waals surface area contributed by atoms with Gasteiger partial charge in [0.2, 0.25) is 0 Å². The Morgan fingerprint density at radius 1 is 0.377 bits per heavy atom. The van der Waals surface area contributed by atoms with Crippen LogP contribution in [0.15, 0.2) is 121 Å². The van der Waals surface area contributed by atoms with Gasteiger partial charge in [0.1, 0.15) is 5.75 Å². The minimum Gasteiger partial charge on any atom is -0.491 e. The van der Waals surface area contributed by atoms with Crippen molar-refractivity contribution in [2.45, 2.75) is 466 Å². The standard InChI is InChI=1S/C12H22O.C12H24O.C11H20O.2C11H16O.C10H18O.C10H14O.C10H20O.C9H16O.C9H12O.C9H18O.C6H14O.C5H12O/c1-5-13-10-8-9-6-7-12(10,4)11(9,2)3;1-5-13-12-8-10(4)6-7-11(12)9(2)3;1-2-12-6-5-11-8-9-3-4-10(11)7-9;1-10(2)12-9-8-11-6-4-3-5-7-11;1-3-10(2)12-9-11-7-5-4-6-8-11;1-2-11-7-10-6-8-3-4-9(10)5-8;1-9(2)11-8-10-6-4-3-5-7-10;1-2-11-9-8-10-6-4-3-5-7-10;1-2-10-9-6-7-3-4-8(9)5-7;1-8(2)10-9-6-4-3-5-7-9;1-2-10-8-9-6-4-3-5-7-9;1-5-7-6(2,3)4;1-5(2,3)6-4/h9-10H,5-8H2,1-4H3;9-12H,5-8H2,1-4H3;9-11H,2-8H2,1H3;3-7,10H,8-9H2,1-2H3;4-8,10H,3,9H2,1-2H3;8-10H,2-7H2,1H3;3-7,9H,8H2,1-2H3;10H,2-9H2,1H3;7-9H,2-6H2,1H3;3-8H,1-2H3;9H,2-8H2,1H3;5H2,1-4H3;1-4H3. The van der Waals surface area contributed by atoms with Crippen molar-refractivity contribution in [2.75, 3.05) is 93.0 Å². The molecular weight excluding hydrogens is 1710 g/mol. The van der Waals surface area contributed by atoms with Crippen LogP contribution in [0.2, 0.25) is 0 Å². The summed E-state index contributed by atoms with van der Waals surface area (Å²) in [4.78, 5) is 0. The zero-order valence-electron chi connectivity index (χ0n) is 95.2. The zero-order chi connectivity index (χ0) is 102. The minimum atomic E-state index is 0.0417. The van der Waals surface area contributed by atoms with Crippen molar-refractivity contribution in [3.05, 3.63) is 138 Å². The Hall–Kier alpha value is -3.80. The second-order valence-electron chi connectivity index (χ2n) is 45.6. The molecule has 4 aromatic carbocycles. The Morgan fingerprint density at radius 3 is 1.23 bits per heavy atom. The maximum Gasteiger partial charge on any atom is 0.119 e. The molecule has 15 rings (SSSR count). The van der Waals surface area contributed by atoms with Gasteiger partial charge in [-0.15, -0.1) is 0 Å². The average molecular weight is 1930 g/mol. The molecule has 11 fully saturated rings. The summed E-state index contributed by atoms with van der Waals surface area (Å²) in [6.45, 7) is 73.0. The second kappa shape index (κ2) is 75.8. The predicted molar refractivity (Wildman–Crippen MR) is 587 cm³/mol. The van der Waals surface area contributed by atoms with Crippen LogP contribution in [0.3, 0.4) is 0 Å². The SMILES string of the molecule is CC(C)OCCc1ccccc1.CC(C)OCc1ccccc1.CC(C)Oc1ccccc1.CCC(C)OCc1ccccc1.CCOC(C)(C)C.CCOC1CC(C)CCC1C(C)C.CCOC1CC2CCC1(C)C2(C)C.CCOC1CC2CCC1C2.CCOCC1CC2CCC1C2.CCOCC1CCCCC1.CCOCCC1CC2CCC1C2.CCOCCC1CCCCC1.COC(C)(C)C. The summed E-state index contributed by atoms with van der Waals surface area (Å²) in [6, 6.07) is 40.7. The Labute approximate surface area is 853 Å². The Bertz CT molecular complexity index is 3370. The van der Waals surface area contributed by atoms with Crippen LogP contribution in [0.4, 0.5) is 0 Å². The van der Waals surface area contributed by atoms with Crippen LogP contribution in [0, 0.1) is 93.7 Å². The van der Waals surface area contributed by atoms with Gasteiger partial charge in [0.05, 0.1) is 73.8 Å². The number of hydrogen-bond acceptors (Lipinski definition) is 13. The lowest BCUT2D eigenvalue weighted by atomic mass is 9.70. The maximum absolute atomic E-state index is 5.88. The predicted octanol–water partition coefficient (Wildman–Crippen LogP) is 33.8. The quantitative estimate of drug-likeness (QED) is 0.0407. The minimum absolute atomic E-state index is 0.0417. The third-order valence-corrected chi connectivity index (χ3v) is 30.9. The van der Waals surface area contributed by atoms with Gasteiger partial charge in [0.25, 0.3) is 0 Å².